The average Bonchev–Trinajstić information content (AvgIpc) is 2.46. The van der Waals surface area contributed by atoms with Gasteiger partial charge in [-0.05, 0) is 43.8 Å². The Labute approximate surface area is 113 Å². The Hall–Kier alpha value is -1.71. The van der Waals surface area contributed by atoms with Gasteiger partial charge in [-0.25, -0.2) is 9.38 Å². The highest BCUT2D eigenvalue weighted by molar-refractivity contribution is 6.03. The van der Waals surface area contributed by atoms with Crippen LogP contribution in [0.15, 0.2) is 41.3 Å². The summed E-state index contributed by atoms with van der Waals surface area (Å²) >= 11 is 0. The van der Waals surface area contributed by atoms with Crippen molar-refractivity contribution >= 4 is 11.6 Å². The third-order valence-electron chi connectivity index (χ3n) is 3.53. The Morgan fingerprint density at radius 3 is 3.05 bits per heavy atom. The molecule has 4 heteroatoms. The van der Waals surface area contributed by atoms with Gasteiger partial charge in [0.25, 0.3) is 0 Å². The molecule has 2 rings (SSSR count). The van der Waals surface area contributed by atoms with Crippen LogP contribution in [-0.4, -0.2) is 18.7 Å². The van der Waals surface area contributed by atoms with Crippen LogP contribution in [0, 0.1) is 17.2 Å². The van der Waals surface area contributed by atoms with Crippen molar-refractivity contribution in [2.75, 3.05) is 7.11 Å². The number of ether oxygens (including phenoxy) is 1. The molecule has 1 heterocycles. The molecule has 0 fully saturated rings. The molecule has 2 unspecified atom stereocenters. The molecule has 1 N–H and O–H groups in total. The molecule has 2 aliphatic rings. The Bertz CT molecular complexity index is 463. The Balaban J connectivity index is 1.83. The molecule has 0 saturated heterocycles. The van der Waals surface area contributed by atoms with Crippen molar-refractivity contribution in [2.24, 2.45) is 16.8 Å². The summed E-state index contributed by atoms with van der Waals surface area (Å²) in [4.78, 5) is 4.16. The summed E-state index contributed by atoms with van der Waals surface area (Å²) in [5, 5.41) is 8.17. The van der Waals surface area contributed by atoms with Crippen molar-refractivity contribution in [1.29, 1.82) is 5.41 Å². The summed E-state index contributed by atoms with van der Waals surface area (Å²) in [5.41, 5.74) is 0.647. The lowest BCUT2D eigenvalue weighted by molar-refractivity contribution is 0.378. The Morgan fingerprint density at radius 2 is 2.37 bits per heavy atom. The fraction of sp³-hybridized carbons (Fsp3) is 0.467. The van der Waals surface area contributed by atoms with Crippen LogP contribution in [0.25, 0.3) is 0 Å². The zero-order valence-corrected chi connectivity index (χ0v) is 11.1. The molecular formula is C15H19FN2O. The summed E-state index contributed by atoms with van der Waals surface area (Å²) in [6, 6.07) is 0. The van der Waals surface area contributed by atoms with Gasteiger partial charge < -0.3 is 10.1 Å². The fourth-order valence-electron chi connectivity index (χ4n) is 2.37. The van der Waals surface area contributed by atoms with E-state index >= 15 is 0 Å². The second-order valence-corrected chi connectivity index (χ2v) is 4.85. The maximum Gasteiger partial charge on any atom is 0.196 e. The molecule has 0 aromatic heterocycles. The molecule has 0 aromatic rings. The Kier molecular flexibility index (Phi) is 4.66. The quantitative estimate of drug-likeness (QED) is 0.770. The van der Waals surface area contributed by atoms with E-state index in [-0.39, 0.29) is 11.7 Å². The van der Waals surface area contributed by atoms with Crippen molar-refractivity contribution in [3.63, 3.8) is 0 Å². The molecule has 0 amide bonds. The van der Waals surface area contributed by atoms with Crippen molar-refractivity contribution in [3.8, 4) is 0 Å². The van der Waals surface area contributed by atoms with Gasteiger partial charge in [0.2, 0.25) is 0 Å². The van der Waals surface area contributed by atoms with E-state index in [0.29, 0.717) is 23.9 Å². The van der Waals surface area contributed by atoms with Crippen LogP contribution in [0.5, 0.6) is 0 Å². The minimum atomic E-state index is -0.155. The van der Waals surface area contributed by atoms with Gasteiger partial charge in [-0.1, -0.05) is 12.2 Å². The molecule has 1 aliphatic heterocycles. The second kappa shape index (κ2) is 6.45. The van der Waals surface area contributed by atoms with E-state index in [1.54, 1.807) is 19.4 Å². The molecule has 0 aromatic carbocycles. The molecule has 0 saturated carbocycles. The molecule has 19 heavy (non-hydrogen) atoms. The lowest BCUT2D eigenvalue weighted by Gasteiger charge is -2.21. The van der Waals surface area contributed by atoms with Crippen molar-refractivity contribution < 1.29 is 9.13 Å². The predicted octanol–water partition coefficient (Wildman–Crippen LogP) is 3.79. The molecule has 2 atom stereocenters. The molecule has 3 nitrogen and oxygen atoms in total. The van der Waals surface area contributed by atoms with Crippen molar-refractivity contribution in [2.45, 2.75) is 25.7 Å². The van der Waals surface area contributed by atoms with Crippen molar-refractivity contribution in [1.82, 2.24) is 0 Å². The average molecular weight is 262 g/mol. The SMILES string of the molecule is COC1=NC=CCC1C(=N)CCC1C=CC(F)=CC1. The maximum atomic E-state index is 12.8. The Morgan fingerprint density at radius 1 is 1.53 bits per heavy atom. The van der Waals surface area contributed by atoms with Gasteiger partial charge in [-0.2, -0.15) is 0 Å². The summed E-state index contributed by atoms with van der Waals surface area (Å²) < 4.78 is 18.1. The summed E-state index contributed by atoms with van der Waals surface area (Å²) in [6.45, 7) is 0. The largest absolute Gasteiger partial charge is 0.484 e. The number of methoxy groups -OCH3 is 1. The van der Waals surface area contributed by atoms with Gasteiger partial charge in [0.05, 0.1) is 13.0 Å². The molecule has 0 bridgehead atoms. The first kappa shape index (κ1) is 13.7. The third-order valence-corrected chi connectivity index (χ3v) is 3.53. The zero-order valence-electron chi connectivity index (χ0n) is 11.1. The topological polar surface area (TPSA) is 45.4 Å². The van der Waals surface area contributed by atoms with Crippen molar-refractivity contribution in [3.05, 3.63) is 36.3 Å². The number of halogens is 1. The lowest BCUT2D eigenvalue weighted by Crippen LogP contribution is -2.26. The van der Waals surface area contributed by atoms with E-state index in [1.807, 2.05) is 12.2 Å². The standard InChI is InChI=1S/C15H19FN2O/c1-19-15-13(3-2-10-18-15)14(17)9-6-11-4-7-12(16)8-5-11/h2,4,7-8,10-11,13,17H,3,5-6,9H2,1H3. The maximum absolute atomic E-state index is 12.8. The first-order valence-corrected chi connectivity index (χ1v) is 6.58. The van der Waals surface area contributed by atoms with E-state index < -0.39 is 0 Å². The number of aliphatic imine (C=N–C) groups is 1. The van der Waals surface area contributed by atoms with Crippen LogP contribution in [0.2, 0.25) is 0 Å². The normalized spacial score (nSPS) is 25.8. The van der Waals surface area contributed by atoms with E-state index in [2.05, 4.69) is 4.99 Å². The van der Waals surface area contributed by atoms with Crippen LogP contribution >= 0.6 is 0 Å². The molecule has 0 radical (unpaired) electrons. The smallest absolute Gasteiger partial charge is 0.196 e. The van der Waals surface area contributed by atoms with Gasteiger partial charge in [-0.3, -0.25) is 0 Å². The van der Waals surface area contributed by atoms with Crippen LogP contribution in [0.4, 0.5) is 4.39 Å². The van der Waals surface area contributed by atoms with E-state index in [1.165, 1.54) is 6.08 Å². The number of hydrogen-bond acceptors (Lipinski definition) is 3. The number of nitrogens with zero attached hydrogens (tertiary/aromatic N) is 1. The summed E-state index contributed by atoms with van der Waals surface area (Å²) in [6.07, 6.45) is 11.8. The van der Waals surface area contributed by atoms with Crippen LogP contribution in [0.1, 0.15) is 25.7 Å². The minimum Gasteiger partial charge on any atom is -0.484 e. The van der Waals surface area contributed by atoms with E-state index in [4.69, 9.17) is 10.1 Å². The van der Waals surface area contributed by atoms with Crippen LogP contribution in [0.3, 0.4) is 0 Å². The highest BCUT2D eigenvalue weighted by Gasteiger charge is 2.23. The highest BCUT2D eigenvalue weighted by Crippen LogP contribution is 2.24. The second-order valence-electron chi connectivity index (χ2n) is 4.85. The van der Waals surface area contributed by atoms with Gasteiger partial charge in [0.15, 0.2) is 5.90 Å². The van der Waals surface area contributed by atoms with Gasteiger partial charge in [0, 0.05) is 11.9 Å². The fourth-order valence-corrected chi connectivity index (χ4v) is 2.37. The molecule has 0 spiro atoms. The monoisotopic (exact) mass is 262 g/mol. The molecule has 1 aliphatic carbocycles. The minimum absolute atomic E-state index is 0.0325. The first-order chi connectivity index (χ1) is 9.20. The van der Waals surface area contributed by atoms with E-state index in [9.17, 15) is 4.39 Å². The first-order valence-electron chi connectivity index (χ1n) is 6.58. The van der Waals surface area contributed by atoms with Crippen LogP contribution in [-0.2, 0) is 4.74 Å². The van der Waals surface area contributed by atoms with Gasteiger partial charge in [0.1, 0.15) is 5.83 Å². The van der Waals surface area contributed by atoms with E-state index in [0.717, 1.165) is 19.3 Å². The van der Waals surface area contributed by atoms with Gasteiger partial charge in [-0.15, -0.1) is 0 Å². The summed E-state index contributed by atoms with van der Waals surface area (Å²) in [5.74, 6) is 0.770. The van der Waals surface area contributed by atoms with Crippen LogP contribution < -0.4 is 0 Å². The molecule has 102 valence electrons. The lowest BCUT2D eigenvalue weighted by atomic mass is 9.89. The number of nitrogens with one attached hydrogen (secondary N) is 1. The van der Waals surface area contributed by atoms with Gasteiger partial charge >= 0.3 is 0 Å². The number of rotatable bonds is 4. The molecular weight excluding hydrogens is 243 g/mol. The number of hydrogen-bond donors (Lipinski definition) is 1. The number of allylic oxidation sites excluding steroid dienone is 5. The summed E-state index contributed by atoms with van der Waals surface area (Å²) in [7, 11) is 1.59. The zero-order chi connectivity index (χ0) is 13.7. The third kappa shape index (κ3) is 3.63. The highest BCUT2D eigenvalue weighted by atomic mass is 19.1. The predicted molar refractivity (Wildman–Crippen MR) is 75.1 cm³/mol.